The fourth-order valence-electron chi connectivity index (χ4n) is 1.41. The van der Waals surface area contributed by atoms with Crippen LogP contribution in [-0.4, -0.2) is 58.0 Å². The highest BCUT2D eigenvalue weighted by atomic mass is 32.2. The fourth-order valence-corrected chi connectivity index (χ4v) is 2.28. The minimum atomic E-state index is 0.0132. The van der Waals surface area contributed by atoms with Crippen LogP contribution in [0.3, 0.4) is 0 Å². The number of hydrogen-bond donors (Lipinski definition) is 0. The molecule has 7 nitrogen and oxygen atoms in total. The molecule has 2 rings (SSSR count). The van der Waals surface area contributed by atoms with Crippen LogP contribution in [0.25, 0.3) is 5.69 Å². The Morgan fingerprint density at radius 1 is 1.35 bits per heavy atom. The first kappa shape index (κ1) is 14.3. The predicted molar refractivity (Wildman–Crippen MR) is 75.1 cm³/mol. The van der Waals surface area contributed by atoms with Gasteiger partial charge in [0, 0.05) is 14.1 Å². The van der Waals surface area contributed by atoms with E-state index in [1.807, 2.05) is 24.3 Å². The second-order valence-electron chi connectivity index (χ2n) is 4.15. The van der Waals surface area contributed by atoms with Crippen LogP contribution in [0.1, 0.15) is 0 Å². The molecule has 1 aromatic carbocycles. The summed E-state index contributed by atoms with van der Waals surface area (Å²) in [6.07, 6.45) is 0. The van der Waals surface area contributed by atoms with Crippen LogP contribution >= 0.6 is 11.8 Å². The van der Waals surface area contributed by atoms with Gasteiger partial charge in [-0.25, -0.2) is 0 Å². The van der Waals surface area contributed by atoms with E-state index in [4.69, 9.17) is 4.74 Å². The zero-order chi connectivity index (χ0) is 14.5. The molecule has 1 amide bonds. The molecular formula is C12H15N5O2S. The maximum absolute atomic E-state index is 11.6. The third-order valence-corrected chi connectivity index (χ3v) is 3.49. The van der Waals surface area contributed by atoms with E-state index in [1.54, 1.807) is 25.9 Å². The standard InChI is InChI=1S/C12H15N5O2S/c1-16(2)11(18)8-20-12-13-14-15-17(12)9-4-6-10(19-3)7-5-9/h4-7H,8H2,1-3H3. The summed E-state index contributed by atoms with van der Waals surface area (Å²) in [7, 11) is 5.05. The highest BCUT2D eigenvalue weighted by Crippen LogP contribution is 2.20. The van der Waals surface area contributed by atoms with E-state index >= 15 is 0 Å². The third-order valence-electron chi connectivity index (χ3n) is 2.58. The number of carbonyl (C=O) groups excluding carboxylic acids is 1. The Morgan fingerprint density at radius 3 is 2.65 bits per heavy atom. The minimum Gasteiger partial charge on any atom is -0.497 e. The van der Waals surface area contributed by atoms with Gasteiger partial charge >= 0.3 is 0 Å². The first-order valence-electron chi connectivity index (χ1n) is 5.87. The van der Waals surface area contributed by atoms with Crippen molar-refractivity contribution >= 4 is 17.7 Å². The highest BCUT2D eigenvalue weighted by Gasteiger charge is 2.12. The molecule has 0 aliphatic heterocycles. The van der Waals surface area contributed by atoms with Crippen LogP contribution in [0.4, 0.5) is 0 Å². The van der Waals surface area contributed by atoms with Crippen molar-refractivity contribution in [1.82, 2.24) is 25.1 Å². The van der Waals surface area contributed by atoms with E-state index in [2.05, 4.69) is 15.5 Å². The molecule has 0 N–H and O–H groups in total. The molecular weight excluding hydrogens is 278 g/mol. The van der Waals surface area contributed by atoms with Gasteiger partial charge in [-0.05, 0) is 34.7 Å². The first-order chi connectivity index (χ1) is 9.61. The highest BCUT2D eigenvalue weighted by molar-refractivity contribution is 7.99. The second-order valence-corrected chi connectivity index (χ2v) is 5.09. The number of hydrogen-bond acceptors (Lipinski definition) is 6. The maximum Gasteiger partial charge on any atom is 0.232 e. The number of benzene rings is 1. The number of amides is 1. The smallest absolute Gasteiger partial charge is 0.232 e. The van der Waals surface area contributed by atoms with Crippen LogP contribution in [0.5, 0.6) is 5.75 Å². The molecule has 0 unspecified atom stereocenters. The lowest BCUT2D eigenvalue weighted by atomic mass is 10.3. The summed E-state index contributed by atoms with van der Waals surface area (Å²) in [5, 5.41) is 12.1. The minimum absolute atomic E-state index is 0.0132. The summed E-state index contributed by atoms with van der Waals surface area (Å²) >= 11 is 1.30. The van der Waals surface area contributed by atoms with Gasteiger partial charge in [0.05, 0.1) is 18.6 Å². The fraction of sp³-hybridized carbons (Fsp3) is 0.333. The van der Waals surface area contributed by atoms with E-state index in [0.29, 0.717) is 10.9 Å². The molecule has 8 heteroatoms. The molecule has 0 fully saturated rings. The van der Waals surface area contributed by atoms with E-state index < -0.39 is 0 Å². The van der Waals surface area contributed by atoms with E-state index in [9.17, 15) is 4.79 Å². The number of carbonyl (C=O) groups is 1. The lowest BCUT2D eigenvalue weighted by Crippen LogP contribution is -2.23. The van der Waals surface area contributed by atoms with Crippen LogP contribution in [0.2, 0.25) is 0 Å². The van der Waals surface area contributed by atoms with Gasteiger partial charge in [0.2, 0.25) is 11.1 Å². The Balaban J connectivity index is 2.13. The molecule has 0 saturated carbocycles. The number of tetrazole rings is 1. The number of nitrogens with zero attached hydrogens (tertiary/aromatic N) is 5. The van der Waals surface area contributed by atoms with Crippen molar-refractivity contribution in [2.45, 2.75) is 5.16 Å². The average molecular weight is 293 g/mol. The van der Waals surface area contributed by atoms with Gasteiger partial charge in [-0.15, -0.1) is 5.10 Å². The van der Waals surface area contributed by atoms with E-state index in [0.717, 1.165) is 11.4 Å². The normalized spacial score (nSPS) is 10.3. The van der Waals surface area contributed by atoms with Gasteiger partial charge in [-0.1, -0.05) is 11.8 Å². The molecule has 0 aliphatic rings. The van der Waals surface area contributed by atoms with Crippen molar-refractivity contribution in [3.8, 4) is 11.4 Å². The Labute approximate surface area is 120 Å². The third kappa shape index (κ3) is 3.27. The lowest BCUT2D eigenvalue weighted by molar-refractivity contribution is -0.125. The molecule has 1 aromatic heterocycles. The number of aromatic nitrogens is 4. The topological polar surface area (TPSA) is 73.1 Å². The maximum atomic E-state index is 11.6. The van der Waals surface area contributed by atoms with Crippen molar-refractivity contribution in [1.29, 1.82) is 0 Å². The molecule has 0 atom stereocenters. The molecule has 1 heterocycles. The van der Waals surface area contributed by atoms with Crippen LogP contribution < -0.4 is 4.74 Å². The van der Waals surface area contributed by atoms with Crippen molar-refractivity contribution < 1.29 is 9.53 Å². The van der Waals surface area contributed by atoms with Gasteiger partial charge in [0.1, 0.15) is 5.75 Å². The van der Waals surface area contributed by atoms with Crippen molar-refractivity contribution in [2.75, 3.05) is 27.0 Å². The van der Waals surface area contributed by atoms with Gasteiger partial charge < -0.3 is 9.64 Å². The molecule has 2 aromatic rings. The molecule has 106 valence electrons. The number of methoxy groups -OCH3 is 1. The predicted octanol–water partition coefficient (Wildman–Crippen LogP) is 0.851. The molecule has 20 heavy (non-hydrogen) atoms. The Hall–Kier alpha value is -2.09. The summed E-state index contributed by atoms with van der Waals surface area (Å²) in [6, 6.07) is 7.37. The van der Waals surface area contributed by atoms with Crippen LogP contribution in [0, 0.1) is 0 Å². The summed E-state index contributed by atoms with van der Waals surface area (Å²) < 4.78 is 6.70. The monoisotopic (exact) mass is 293 g/mol. The van der Waals surface area contributed by atoms with Crippen LogP contribution in [-0.2, 0) is 4.79 Å². The number of rotatable bonds is 5. The zero-order valence-corrected chi connectivity index (χ0v) is 12.3. The van der Waals surface area contributed by atoms with Gasteiger partial charge in [-0.2, -0.15) is 4.68 Å². The Bertz CT molecular complexity index is 582. The molecule has 0 aliphatic carbocycles. The first-order valence-corrected chi connectivity index (χ1v) is 6.86. The summed E-state index contributed by atoms with van der Waals surface area (Å²) in [5.74, 6) is 1.07. The second kappa shape index (κ2) is 6.38. The summed E-state index contributed by atoms with van der Waals surface area (Å²) in [4.78, 5) is 13.1. The van der Waals surface area contributed by atoms with Gasteiger partial charge in [0.15, 0.2) is 0 Å². The Morgan fingerprint density at radius 2 is 2.05 bits per heavy atom. The van der Waals surface area contributed by atoms with Crippen molar-refractivity contribution in [2.24, 2.45) is 0 Å². The number of thioether (sulfide) groups is 1. The largest absolute Gasteiger partial charge is 0.497 e. The number of ether oxygens (including phenoxy) is 1. The van der Waals surface area contributed by atoms with Gasteiger partial charge in [0.25, 0.3) is 0 Å². The summed E-state index contributed by atoms with van der Waals surface area (Å²) in [5.41, 5.74) is 0.815. The lowest BCUT2D eigenvalue weighted by Gasteiger charge is -2.09. The molecule has 0 spiro atoms. The van der Waals surface area contributed by atoms with Crippen LogP contribution in [0.15, 0.2) is 29.4 Å². The van der Waals surface area contributed by atoms with Crippen molar-refractivity contribution in [3.63, 3.8) is 0 Å². The molecule has 0 bridgehead atoms. The average Bonchev–Trinajstić information content (AvgIpc) is 2.93. The van der Waals surface area contributed by atoms with Crippen molar-refractivity contribution in [3.05, 3.63) is 24.3 Å². The SMILES string of the molecule is COc1ccc(-n2nnnc2SCC(=O)N(C)C)cc1. The summed E-state index contributed by atoms with van der Waals surface area (Å²) in [6.45, 7) is 0. The quantitative estimate of drug-likeness (QED) is 0.761. The zero-order valence-electron chi connectivity index (χ0n) is 11.5. The van der Waals surface area contributed by atoms with E-state index in [1.165, 1.54) is 16.7 Å². The van der Waals surface area contributed by atoms with Gasteiger partial charge in [-0.3, -0.25) is 4.79 Å². The van der Waals surface area contributed by atoms with E-state index in [-0.39, 0.29) is 5.91 Å². The molecule has 0 saturated heterocycles. The molecule has 0 radical (unpaired) electrons. The Kier molecular flexibility index (Phi) is 4.57.